The molecule has 1 saturated heterocycles. The number of amides is 1. The largest absolute Gasteiger partial charge is 0.322 e. The van der Waals surface area contributed by atoms with Gasteiger partial charge in [0.15, 0.2) is 0 Å². The van der Waals surface area contributed by atoms with Gasteiger partial charge in [0.25, 0.3) is 5.91 Å². The lowest BCUT2D eigenvalue weighted by molar-refractivity contribution is 0.102. The van der Waals surface area contributed by atoms with Gasteiger partial charge in [-0.3, -0.25) is 4.79 Å². The minimum Gasteiger partial charge on any atom is -0.322 e. The highest BCUT2D eigenvalue weighted by Gasteiger charge is 2.28. The van der Waals surface area contributed by atoms with E-state index in [1.165, 1.54) is 10.4 Å². The van der Waals surface area contributed by atoms with Crippen LogP contribution in [0.1, 0.15) is 40.7 Å². The number of nitrogens with one attached hydrogen (secondary N) is 1. The molecule has 5 nitrogen and oxygen atoms in total. The highest BCUT2D eigenvalue weighted by Crippen LogP contribution is 2.25. The first-order chi connectivity index (χ1) is 12.8. The summed E-state index contributed by atoms with van der Waals surface area (Å²) in [5, 5.41) is 2.86. The number of hydrogen-bond donors (Lipinski definition) is 1. The molecular weight excluding hydrogens is 428 g/mol. The molecule has 0 aromatic heterocycles. The van der Waals surface area contributed by atoms with Gasteiger partial charge >= 0.3 is 0 Å². The zero-order chi connectivity index (χ0) is 19.6. The predicted octanol–water partition coefficient (Wildman–Crippen LogP) is 4.49. The maximum Gasteiger partial charge on any atom is 0.255 e. The van der Waals surface area contributed by atoms with Crippen molar-refractivity contribution in [2.24, 2.45) is 0 Å². The molecule has 3 rings (SSSR count). The highest BCUT2D eigenvalue weighted by atomic mass is 79.9. The van der Waals surface area contributed by atoms with E-state index in [-0.39, 0.29) is 10.8 Å². The van der Waals surface area contributed by atoms with Crippen LogP contribution < -0.4 is 5.32 Å². The minimum atomic E-state index is -3.59. The van der Waals surface area contributed by atoms with Gasteiger partial charge in [0.1, 0.15) is 0 Å². The Morgan fingerprint density at radius 2 is 1.70 bits per heavy atom. The molecule has 2 aromatic carbocycles. The summed E-state index contributed by atoms with van der Waals surface area (Å²) in [7, 11) is -3.59. The van der Waals surface area contributed by atoms with Gasteiger partial charge in [-0.2, -0.15) is 4.31 Å². The SMILES string of the molecule is Cc1cc(Br)ccc1NC(=O)c1ccc(C)c(S(=O)(=O)N2CCCCC2)c1. The Labute approximate surface area is 169 Å². The fourth-order valence-electron chi connectivity index (χ4n) is 3.23. The summed E-state index contributed by atoms with van der Waals surface area (Å²) in [6, 6.07) is 10.4. The average molecular weight is 451 g/mol. The number of carbonyl (C=O) groups is 1. The molecule has 0 bridgehead atoms. The zero-order valence-corrected chi connectivity index (χ0v) is 17.9. The normalized spacial score (nSPS) is 15.5. The van der Waals surface area contributed by atoms with Crippen LogP contribution in [0.15, 0.2) is 45.8 Å². The third-order valence-electron chi connectivity index (χ3n) is 4.82. The summed E-state index contributed by atoms with van der Waals surface area (Å²) in [6.45, 7) is 4.74. The van der Waals surface area contributed by atoms with Crippen molar-refractivity contribution < 1.29 is 13.2 Å². The molecule has 144 valence electrons. The van der Waals surface area contributed by atoms with Crippen molar-refractivity contribution in [1.29, 1.82) is 0 Å². The molecule has 2 aromatic rings. The topological polar surface area (TPSA) is 66.5 Å². The van der Waals surface area contributed by atoms with E-state index in [4.69, 9.17) is 0 Å². The Balaban J connectivity index is 1.89. The molecule has 0 unspecified atom stereocenters. The Kier molecular flexibility index (Phi) is 6.03. The van der Waals surface area contributed by atoms with Gasteiger partial charge in [-0.25, -0.2) is 8.42 Å². The van der Waals surface area contributed by atoms with Gasteiger partial charge in [0.2, 0.25) is 10.0 Å². The molecule has 0 aliphatic carbocycles. The Morgan fingerprint density at radius 3 is 2.37 bits per heavy atom. The summed E-state index contributed by atoms with van der Waals surface area (Å²) < 4.78 is 28.5. The molecule has 0 atom stereocenters. The summed E-state index contributed by atoms with van der Waals surface area (Å²) in [6.07, 6.45) is 2.81. The summed E-state index contributed by atoms with van der Waals surface area (Å²) >= 11 is 3.40. The molecule has 1 aliphatic rings. The maximum atomic E-state index is 13.0. The molecule has 0 radical (unpaired) electrons. The monoisotopic (exact) mass is 450 g/mol. The number of carbonyl (C=O) groups excluding carboxylic acids is 1. The number of anilines is 1. The number of aryl methyl sites for hydroxylation is 2. The van der Waals surface area contributed by atoms with Crippen molar-refractivity contribution in [1.82, 2.24) is 4.31 Å². The van der Waals surface area contributed by atoms with Crippen molar-refractivity contribution in [2.75, 3.05) is 18.4 Å². The lowest BCUT2D eigenvalue weighted by atomic mass is 10.1. The quantitative estimate of drug-likeness (QED) is 0.745. The van der Waals surface area contributed by atoms with Crippen LogP contribution in [0.5, 0.6) is 0 Å². The highest BCUT2D eigenvalue weighted by molar-refractivity contribution is 9.10. The fraction of sp³-hybridized carbons (Fsp3) is 0.350. The van der Waals surface area contributed by atoms with Gasteiger partial charge in [-0.15, -0.1) is 0 Å². The van der Waals surface area contributed by atoms with Crippen LogP contribution in [0.2, 0.25) is 0 Å². The summed E-state index contributed by atoms with van der Waals surface area (Å²) in [5.41, 5.74) is 2.60. The van der Waals surface area contributed by atoms with E-state index in [2.05, 4.69) is 21.2 Å². The van der Waals surface area contributed by atoms with Crippen LogP contribution in [0.3, 0.4) is 0 Å². The second kappa shape index (κ2) is 8.12. The van der Waals surface area contributed by atoms with Crippen LogP contribution in [-0.4, -0.2) is 31.7 Å². The van der Waals surface area contributed by atoms with Gasteiger partial charge < -0.3 is 5.32 Å². The Morgan fingerprint density at radius 1 is 1.00 bits per heavy atom. The van der Waals surface area contributed by atoms with Crippen LogP contribution >= 0.6 is 15.9 Å². The van der Waals surface area contributed by atoms with E-state index in [1.807, 2.05) is 25.1 Å². The van der Waals surface area contributed by atoms with Crippen molar-refractivity contribution in [3.8, 4) is 0 Å². The van der Waals surface area contributed by atoms with E-state index < -0.39 is 10.0 Å². The molecule has 1 N–H and O–H groups in total. The molecule has 7 heteroatoms. The Hall–Kier alpha value is -1.70. The number of nitrogens with zero attached hydrogens (tertiary/aromatic N) is 1. The summed E-state index contributed by atoms with van der Waals surface area (Å²) in [5.74, 6) is -0.324. The number of piperidine rings is 1. The zero-order valence-electron chi connectivity index (χ0n) is 15.5. The standard InChI is InChI=1S/C20H23BrN2O3S/c1-14-6-7-16(20(24)22-18-9-8-17(21)12-15(18)2)13-19(14)27(25,26)23-10-4-3-5-11-23/h6-9,12-13H,3-5,10-11H2,1-2H3,(H,22,24). The predicted molar refractivity (Wildman–Crippen MR) is 111 cm³/mol. The van der Waals surface area contributed by atoms with Gasteiger partial charge in [0.05, 0.1) is 4.90 Å². The van der Waals surface area contributed by atoms with E-state index in [9.17, 15) is 13.2 Å². The van der Waals surface area contributed by atoms with Crippen molar-refractivity contribution in [3.63, 3.8) is 0 Å². The van der Waals surface area contributed by atoms with Gasteiger partial charge in [0, 0.05) is 28.8 Å². The minimum absolute atomic E-state index is 0.213. The number of rotatable bonds is 4. The first kappa shape index (κ1) is 20.0. The lowest BCUT2D eigenvalue weighted by Gasteiger charge is -2.26. The third-order valence-corrected chi connectivity index (χ3v) is 7.35. The second-order valence-corrected chi connectivity index (χ2v) is 9.68. The van der Waals surface area contributed by atoms with Crippen molar-refractivity contribution in [3.05, 3.63) is 57.6 Å². The first-order valence-corrected chi connectivity index (χ1v) is 11.2. The molecule has 1 amide bonds. The number of hydrogen-bond acceptors (Lipinski definition) is 3. The van der Waals surface area contributed by atoms with Crippen LogP contribution in [-0.2, 0) is 10.0 Å². The first-order valence-electron chi connectivity index (χ1n) is 8.97. The van der Waals surface area contributed by atoms with Crippen molar-refractivity contribution in [2.45, 2.75) is 38.0 Å². The van der Waals surface area contributed by atoms with Crippen LogP contribution in [0.25, 0.3) is 0 Å². The van der Waals surface area contributed by atoms with E-state index in [1.54, 1.807) is 19.1 Å². The number of halogens is 1. The van der Waals surface area contributed by atoms with Crippen LogP contribution in [0, 0.1) is 13.8 Å². The second-order valence-electron chi connectivity index (χ2n) is 6.86. The lowest BCUT2D eigenvalue weighted by Crippen LogP contribution is -2.36. The van der Waals surface area contributed by atoms with Gasteiger partial charge in [-0.05, 0) is 68.1 Å². The Bertz CT molecular complexity index is 967. The smallest absolute Gasteiger partial charge is 0.255 e. The van der Waals surface area contributed by atoms with Crippen LogP contribution in [0.4, 0.5) is 5.69 Å². The fourth-order valence-corrected chi connectivity index (χ4v) is 5.47. The molecular formula is C20H23BrN2O3S. The van der Waals surface area contributed by atoms with Gasteiger partial charge in [-0.1, -0.05) is 28.4 Å². The maximum absolute atomic E-state index is 13.0. The van der Waals surface area contributed by atoms with E-state index in [0.29, 0.717) is 29.9 Å². The third kappa shape index (κ3) is 4.42. The van der Waals surface area contributed by atoms with E-state index in [0.717, 1.165) is 29.3 Å². The molecule has 0 spiro atoms. The molecule has 1 aliphatic heterocycles. The number of benzene rings is 2. The van der Waals surface area contributed by atoms with Crippen molar-refractivity contribution >= 4 is 37.5 Å². The molecule has 27 heavy (non-hydrogen) atoms. The van der Waals surface area contributed by atoms with E-state index >= 15 is 0 Å². The molecule has 1 heterocycles. The number of sulfonamides is 1. The summed E-state index contributed by atoms with van der Waals surface area (Å²) in [4.78, 5) is 12.9. The molecule has 1 fully saturated rings. The molecule has 0 saturated carbocycles. The average Bonchev–Trinajstić information content (AvgIpc) is 2.65.